The Bertz CT molecular complexity index is 790. The van der Waals surface area contributed by atoms with Gasteiger partial charge in [0.2, 0.25) is 0 Å². The largest absolute Gasteiger partial charge is 0.449 e. The zero-order valence-corrected chi connectivity index (χ0v) is 14.8. The monoisotopic (exact) mass is 357 g/mol. The Morgan fingerprint density at radius 1 is 1.20 bits per heavy atom. The molecule has 2 atom stereocenters. The van der Waals surface area contributed by atoms with Gasteiger partial charge in [-0.2, -0.15) is 0 Å². The summed E-state index contributed by atoms with van der Waals surface area (Å²) < 4.78 is 5.27. The number of benzene rings is 2. The molecule has 0 radical (unpaired) electrons. The van der Waals surface area contributed by atoms with Crippen LogP contribution in [0.15, 0.2) is 48.5 Å². The Hall–Kier alpha value is -2.33. The van der Waals surface area contributed by atoms with Gasteiger partial charge >= 0.3 is 5.97 Å². The third-order valence-electron chi connectivity index (χ3n) is 4.40. The molecule has 0 spiro atoms. The van der Waals surface area contributed by atoms with Gasteiger partial charge in [0.05, 0.1) is 11.6 Å². The first-order valence-corrected chi connectivity index (χ1v) is 8.77. The van der Waals surface area contributed by atoms with Crippen LogP contribution in [0.3, 0.4) is 0 Å². The molecule has 3 rings (SSSR count). The fourth-order valence-electron chi connectivity index (χ4n) is 3.09. The second kappa shape index (κ2) is 7.70. The number of halogens is 1. The molecule has 0 fully saturated rings. The zero-order chi connectivity index (χ0) is 17.8. The highest BCUT2D eigenvalue weighted by molar-refractivity contribution is 6.30. The minimum Gasteiger partial charge on any atom is -0.449 e. The highest BCUT2D eigenvalue weighted by atomic mass is 35.5. The van der Waals surface area contributed by atoms with Crippen molar-refractivity contribution in [1.82, 2.24) is 5.32 Å². The maximum atomic E-state index is 12.4. The summed E-state index contributed by atoms with van der Waals surface area (Å²) in [6.07, 6.45) is 2.07. The van der Waals surface area contributed by atoms with Crippen molar-refractivity contribution < 1.29 is 14.3 Å². The molecule has 0 heterocycles. The van der Waals surface area contributed by atoms with Crippen LogP contribution in [-0.2, 0) is 16.0 Å². The Morgan fingerprint density at radius 3 is 2.80 bits per heavy atom. The van der Waals surface area contributed by atoms with Gasteiger partial charge in [-0.3, -0.25) is 4.79 Å². The van der Waals surface area contributed by atoms with Crippen molar-refractivity contribution >= 4 is 23.5 Å². The molecule has 5 heteroatoms. The fourth-order valence-corrected chi connectivity index (χ4v) is 3.28. The van der Waals surface area contributed by atoms with E-state index in [-0.39, 0.29) is 11.9 Å². The van der Waals surface area contributed by atoms with Gasteiger partial charge in [0, 0.05) is 5.02 Å². The van der Waals surface area contributed by atoms with Crippen molar-refractivity contribution in [1.29, 1.82) is 0 Å². The molecule has 1 N–H and O–H groups in total. The number of rotatable bonds is 4. The lowest BCUT2D eigenvalue weighted by Crippen LogP contribution is -2.39. The summed E-state index contributed by atoms with van der Waals surface area (Å²) in [7, 11) is 0. The van der Waals surface area contributed by atoms with E-state index in [9.17, 15) is 9.59 Å². The molecule has 1 amide bonds. The maximum absolute atomic E-state index is 12.4. The molecule has 0 aliphatic heterocycles. The summed E-state index contributed by atoms with van der Waals surface area (Å²) in [5.74, 6) is -0.855. The van der Waals surface area contributed by atoms with Crippen LogP contribution >= 0.6 is 11.6 Å². The summed E-state index contributed by atoms with van der Waals surface area (Å²) in [5.41, 5.74) is 2.74. The standard InChI is InChI=1S/C20H20ClNO3/c1-13(25-20(24)15-8-4-9-16(21)12-15)19(23)22-18-11-5-7-14-6-2-3-10-17(14)18/h2-4,6,8-10,12-13,18H,5,7,11H2,1H3,(H,22,23)/t13-,18-/m0/s1. The summed E-state index contributed by atoms with van der Waals surface area (Å²) in [5, 5.41) is 3.45. The van der Waals surface area contributed by atoms with Crippen molar-refractivity contribution in [2.45, 2.75) is 38.3 Å². The first-order valence-electron chi connectivity index (χ1n) is 8.39. The average molecular weight is 358 g/mol. The van der Waals surface area contributed by atoms with Crippen molar-refractivity contribution in [2.24, 2.45) is 0 Å². The molecule has 0 saturated carbocycles. The van der Waals surface area contributed by atoms with E-state index in [1.165, 1.54) is 11.6 Å². The molecule has 0 bridgehead atoms. The van der Waals surface area contributed by atoms with Gasteiger partial charge in [0.25, 0.3) is 5.91 Å². The number of hydrogen-bond acceptors (Lipinski definition) is 3. The second-order valence-corrected chi connectivity index (χ2v) is 6.65. The minimum absolute atomic E-state index is 0.0372. The van der Waals surface area contributed by atoms with E-state index in [1.807, 2.05) is 18.2 Å². The van der Waals surface area contributed by atoms with E-state index >= 15 is 0 Å². The summed E-state index contributed by atoms with van der Waals surface area (Å²) >= 11 is 5.88. The van der Waals surface area contributed by atoms with Gasteiger partial charge in [0.1, 0.15) is 0 Å². The summed E-state index contributed by atoms with van der Waals surface area (Å²) in [6, 6.07) is 14.6. The Balaban J connectivity index is 1.63. The van der Waals surface area contributed by atoms with E-state index in [2.05, 4.69) is 11.4 Å². The van der Waals surface area contributed by atoms with Crippen molar-refractivity contribution in [3.05, 3.63) is 70.2 Å². The first-order chi connectivity index (χ1) is 12.0. The molecule has 4 nitrogen and oxygen atoms in total. The number of nitrogens with one attached hydrogen (secondary N) is 1. The van der Waals surface area contributed by atoms with E-state index < -0.39 is 12.1 Å². The third-order valence-corrected chi connectivity index (χ3v) is 4.63. The van der Waals surface area contributed by atoms with Gasteiger partial charge in [-0.05, 0) is 55.5 Å². The van der Waals surface area contributed by atoms with Crippen LogP contribution in [0.25, 0.3) is 0 Å². The molecule has 1 aliphatic carbocycles. The van der Waals surface area contributed by atoms with Crippen LogP contribution in [0.2, 0.25) is 5.02 Å². The molecule has 130 valence electrons. The molecule has 0 unspecified atom stereocenters. The molecular formula is C20H20ClNO3. The van der Waals surface area contributed by atoms with Crippen LogP contribution in [0.5, 0.6) is 0 Å². The van der Waals surface area contributed by atoms with Gasteiger partial charge in [-0.1, -0.05) is 41.9 Å². The van der Waals surface area contributed by atoms with Crippen LogP contribution in [-0.4, -0.2) is 18.0 Å². The van der Waals surface area contributed by atoms with E-state index in [4.69, 9.17) is 16.3 Å². The van der Waals surface area contributed by atoms with E-state index in [0.29, 0.717) is 10.6 Å². The smallest absolute Gasteiger partial charge is 0.338 e. The number of amides is 1. The van der Waals surface area contributed by atoms with E-state index in [1.54, 1.807) is 25.1 Å². The Labute approximate surface area is 152 Å². The number of carbonyl (C=O) groups excluding carboxylic acids is 2. The van der Waals surface area contributed by atoms with Crippen LogP contribution in [0.1, 0.15) is 47.3 Å². The van der Waals surface area contributed by atoms with Crippen LogP contribution in [0, 0.1) is 0 Å². The van der Waals surface area contributed by atoms with Gasteiger partial charge in [0.15, 0.2) is 6.10 Å². The van der Waals surface area contributed by atoms with Gasteiger partial charge in [-0.15, -0.1) is 0 Å². The normalized spacial score (nSPS) is 17.3. The molecule has 1 aliphatic rings. The van der Waals surface area contributed by atoms with Gasteiger partial charge < -0.3 is 10.1 Å². The number of ether oxygens (including phenoxy) is 1. The first kappa shape index (κ1) is 17.5. The number of aryl methyl sites for hydroxylation is 1. The van der Waals surface area contributed by atoms with Crippen molar-refractivity contribution in [3.63, 3.8) is 0 Å². The lowest BCUT2D eigenvalue weighted by molar-refractivity contribution is -0.130. The SMILES string of the molecule is C[C@H](OC(=O)c1cccc(Cl)c1)C(=O)N[C@H]1CCCc2ccccc21. The highest BCUT2D eigenvalue weighted by Crippen LogP contribution is 2.29. The lowest BCUT2D eigenvalue weighted by atomic mass is 9.87. The molecule has 2 aromatic carbocycles. The maximum Gasteiger partial charge on any atom is 0.338 e. The quantitative estimate of drug-likeness (QED) is 0.839. The molecule has 0 saturated heterocycles. The molecular weight excluding hydrogens is 338 g/mol. The predicted molar refractivity (Wildman–Crippen MR) is 96.6 cm³/mol. The molecule has 25 heavy (non-hydrogen) atoms. The van der Waals surface area contributed by atoms with Crippen LogP contribution in [0.4, 0.5) is 0 Å². The van der Waals surface area contributed by atoms with Crippen molar-refractivity contribution in [3.8, 4) is 0 Å². The number of esters is 1. The zero-order valence-electron chi connectivity index (χ0n) is 14.0. The third kappa shape index (κ3) is 4.20. The Kier molecular flexibility index (Phi) is 5.39. The number of carbonyl (C=O) groups is 2. The number of hydrogen-bond donors (Lipinski definition) is 1. The molecule has 2 aromatic rings. The Morgan fingerprint density at radius 2 is 2.00 bits per heavy atom. The lowest BCUT2D eigenvalue weighted by Gasteiger charge is -2.27. The highest BCUT2D eigenvalue weighted by Gasteiger charge is 2.25. The summed E-state index contributed by atoms with van der Waals surface area (Å²) in [4.78, 5) is 24.6. The van der Waals surface area contributed by atoms with Gasteiger partial charge in [-0.25, -0.2) is 4.79 Å². The fraction of sp³-hybridized carbons (Fsp3) is 0.300. The minimum atomic E-state index is -0.874. The summed E-state index contributed by atoms with van der Waals surface area (Å²) in [6.45, 7) is 1.58. The number of fused-ring (bicyclic) bond motifs is 1. The molecule has 0 aromatic heterocycles. The topological polar surface area (TPSA) is 55.4 Å². The van der Waals surface area contributed by atoms with Crippen LogP contribution < -0.4 is 5.32 Å². The average Bonchev–Trinajstić information content (AvgIpc) is 2.62. The second-order valence-electron chi connectivity index (χ2n) is 6.21. The predicted octanol–water partition coefficient (Wildman–Crippen LogP) is 4.08. The van der Waals surface area contributed by atoms with Crippen molar-refractivity contribution in [2.75, 3.05) is 0 Å². The van der Waals surface area contributed by atoms with E-state index in [0.717, 1.165) is 24.8 Å².